The van der Waals surface area contributed by atoms with Crippen molar-refractivity contribution in [3.63, 3.8) is 0 Å². The fourth-order valence-corrected chi connectivity index (χ4v) is 2.54. The highest BCUT2D eigenvalue weighted by molar-refractivity contribution is 5.92. The molecule has 0 aromatic heterocycles. The van der Waals surface area contributed by atoms with Crippen LogP contribution < -0.4 is 9.47 Å². The average molecular weight is 377 g/mol. The van der Waals surface area contributed by atoms with Gasteiger partial charge < -0.3 is 19.1 Å². The lowest BCUT2D eigenvalue weighted by molar-refractivity contribution is -0.146. The van der Waals surface area contributed by atoms with E-state index in [0.717, 1.165) is 12.0 Å². The Bertz CT molecular complexity index is 654. The second-order valence-electron chi connectivity index (χ2n) is 6.84. The highest BCUT2D eigenvalue weighted by Crippen LogP contribution is 2.28. The summed E-state index contributed by atoms with van der Waals surface area (Å²) in [7, 11) is 4.50. The second-order valence-corrected chi connectivity index (χ2v) is 6.84. The third kappa shape index (κ3) is 7.33. The van der Waals surface area contributed by atoms with Crippen molar-refractivity contribution in [1.29, 1.82) is 0 Å². The van der Waals surface area contributed by atoms with Crippen LogP contribution in [0.15, 0.2) is 24.3 Å². The van der Waals surface area contributed by atoms with Gasteiger partial charge in [-0.25, -0.2) is 0 Å². The summed E-state index contributed by atoms with van der Waals surface area (Å²) in [6.45, 7) is 6.89. The highest BCUT2D eigenvalue weighted by atomic mass is 16.5. The summed E-state index contributed by atoms with van der Waals surface area (Å²) in [5, 5.41) is 0. The number of methoxy groups -OCH3 is 3. The van der Waals surface area contributed by atoms with E-state index in [1.807, 2.05) is 6.07 Å². The molecule has 0 heterocycles. The maximum atomic E-state index is 12.7. The Morgan fingerprint density at radius 2 is 1.74 bits per heavy atom. The molecule has 0 aliphatic heterocycles. The Hall–Kier alpha value is -2.50. The van der Waals surface area contributed by atoms with Gasteiger partial charge in [-0.3, -0.25) is 9.59 Å². The van der Waals surface area contributed by atoms with Crippen LogP contribution in [0.1, 0.15) is 32.8 Å². The van der Waals surface area contributed by atoms with E-state index < -0.39 is 0 Å². The SMILES string of the molecule is COC(=O)C(C)CN(CCC(C)C)C(=O)/C=C/c1ccc(OC)c(OC)c1. The highest BCUT2D eigenvalue weighted by Gasteiger charge is 2.20. The maximum absolute atomic E-state index is 12.7. The van der Waals surface area contributed by atoms with Crippen LogP contribution in [0.3, 0.4) is 0 Å². The van der Waals surface area contributed by atoms with Crippen LogP contribution in [0.25, 0.3) is 6.08 Å². The number of carbonyl (C=O) groups is 2. The number of rotatable bonds is 10. The van der Waals surface area contributed by atoms with Gasteiger partial charge in [0.2, 0.25) is 5.91 Å². The molecule has 0 saturated heterocycles. The summed E-state index contributed by atoms with van der Waals surface area (Å²) in [6.07, 6.45) is 4.12. The van der Waals surface area contributed by atoms with E-state index in [2.05, 4.69) is 13.8 Å². The van der Waals surface area contributed by atoms with Crippen LogP contribution in [-0.2, 0) is 14.3 Å². The minimum atomic E-state index is -0.374. The van der Waals surface area contributed by atoms with Crippen LogP contribution in [0.4, 0.5) is 0 Å². The van der Waals surface area contributed by atoms with Crippen molar-refractivity contribution in [2.24, 2.45) is 11.8 Å². The molecule has 0 saturated carbocycles. The zero-order chi connectivity index (χ0) is 20.4. The lowest BCUT2D eigenvalue weighted by atomic mass is 10.1. The molecule has 1 aromatic rings. The Morgan fingerprint density at radius 3 is 2.30 bits per heavy atom. The van der Waals surface area contributed by atoms with Gasteiger partial charge in [0.25, 0.3) is 0 Å². The third-order valence-corrected chi connectivity index (χ3v) is 4.21. The molecule has 1 aromatic carbocycles. The van der Waals surface area contributed by atoms with E-state index in [4.69, 9.17) is 14.2 Å². The van der Waals surface area contributed by atoms with Gasteiger partial charge in [0.15, 0.2) is 11.5 Å². The maximum Gasteiger partial charge on any atom is 0.310 e. The van der Waals surface area contributed by atoms with Crippen LogP contribution in [-0.4, -0.2) is 51.2 Å². The molecule has 0 radical (unpaired) electrons. The third-order valence-electron chi connectivity index (χ3n) is 4.21. The monoisotopic (exact) mass is 377 g/mol. The first-order valence-electron chi connectivity index (χ1n) is 9.09. The van der Waals surface area contributed by atoms with Gasteiger partial charge in [0.1, 0.15) is 0 Å². The molecule has 0 bridgehead atoms. The number of esters is 1. The normalized spacial score (nSPS) is 12.1. The molecule has 0 aliphatic carbocycles. The van der Waals surface area contributed by atoms with Crippen LogP contribution >= 0.6 is 0 Å². The van der Waals surface area contributed by atoms with E-state index in [0.29, 0.717) is 30.5 Å². The molecule has 1 unspecified atom stereocenters. The number of amides is 1. The molecule has 0 spiro atoms. The average Bonchev–Trinajstić information content (AvgIpc) is 2.67. The van der Waals surface area contributed by atoms with Crippen molar-refractivity contribution < 1.29 is 23.8 Å². The predicted molar refractivity (Wildman–Crippen MR) is 106 cm³/mol. The molecule has 1 atom stereocenters. The van der Waals surface area contributed by atoms with E-state index in [1.165, 1.54) is 13.2 Å². The molecule has 27 heavy (non-hydrogen) atoms. The van der Waals surface area contributed by atoms with Gasteiger partial charge in [-0.15, -0.1) is 0 Å². The van der Waals surface area contributed by atoms with E-state index in [1.54, 1.807) is 44.3 Å². The number of benzene rings is 1. The number of ether oxygens (including phenoxy) is 3. The van der Waals surface area contributed by atoms with Gasteiger partial charge in [-0.2, -0.15) is 0 Å². The molecule has 6 nitrogen and oxygen atoms in total. The molecule has 1 rings (SSSR count). The number of carbonyl (C=O) groups excluding carboxylic acids is 2. The Kier molecular flexibility index (Phi) is 9.40. The number of hydrogen-bond acceptors (Lipinski definition) is 5. The van der Waals surface area contributed by atoms with Gasteiger partial charge in [-0.05, 0) is 36.1 Å². The van der Waals surface area contributed by atoms with Crippen molar-refractivity contribution in [2.75, 3.05) is 34.4 Å². The molecular formula is C21H31NO5. The lowest BCUT2D eigenvalue weighted by Crippen LogP contribution is -2.37. The van der Waals surface area contributed by atoms with Gasteiger partial charge in [0.05, 0.1) is 27.2 Å². The van der Waals surface area contributed by atoms with Gasteiger partial charge in [-0.1, -0.05) is 26.8 Å². The first-order chi connectivity index (χ1) is 12.8. The quantitative estimate of drug-likeness (QED) is 0.462. The molecule has 0 N–H and O–H groups in total. The fraction of sp³-hybridized carbons (Fsp3) is 0.524. The molecular weight excluding hydrogens is 346 g/mol. The molecule has 0 aliphatic rings. The topological polar surface area (TPSA) is 65.1 Å². The number of nitrogens with zero attached hydrogens (tertiary/aromatic N) is 1. The van der Waals surface area contributed by atoms with E-state index in [-0.39, 0.29) is 17.8 Å². The standard InChI is InChI=1S/C21H31NO5/c1-15(2)11-12-22(14-16(3)21(24)27-6)20(23)10-8-17-7-9-18(25-4)19(13-17)26-5/h7-10,13,15-16H,11-12,14H2,1-6H3/b10-8+. The van der Waals surface area contributed by atoms with Crippen LogP contribution in [0, 0.1) is 11.8 Å². The smallest absolute Gasteiger partial charge is 0.310 e. The second kappa shape index (κ2) is 11.3. The van der Waals surface area contributed by atoms with Crippen LogP contribution in [0.2, 0.25) is 0 Å². The molecule has 6 heteroatoms. The Balaban J connectivity index is 2.90. The van der Waals surface area contributed by atoms with Crippen molar-refractivity contribution in [1.82, 2.24) is 4.90 Å². The summed E-state index contributed by atoms with van der Waals surface area (Å²) in [4.78, 5) is 26.1. The predicted octanol–water partition coefficient (Wildman–Crippen LogP) is 3.40. The molecule has 0 fully saturated rings. The first-order valence-corrected chi connectivity index (χ1v) is 9.09. The summed E-state index contributed by atoms with van der Waals surface area (Å²) in [5.74, 6) is 0.862. The minimum absolute atomic E-state index is 0.138. The zero-order valence-corrected chi connectivity index (χ0v) is 17.2. The summed E-state index contributed by atoms with van der Waals surface area (Å²) >= 11 is 0. The summed E-state index contributed by atoms with van der Waals surface area (Å²) in [5.41, 5.74) is 0.825. The van der Waals surface area contributed by atoms with Gasteiger partial charge >= 0.3 is 5.97 Å². The zero-order valence-electron chi connectivity index (χ0n) is 17.2. The van der Waals surface area contributed by atoms with E-state index in [9.17, 15) is 9.59 Å². The summed E-state index contributed by atoms with van der Waals surface area (Å²) < 4.78 is 15.3. The van der Waals surface area contributed by atoms with Crippen molar-refractivity contribution in [3.8, 4) is 11.5 Å². The molecule has 150 valence electrons. The Labute approximate surface area is 162 Å². The van der Waals surface area contributed by atoms with Crippen molar-refractivity contribution >= 4 is 18.0 Å². The summed E-state index contributed by atoms with van der Waals surface area (Å²) in [6, 6.07) is 5.44. The minimum Gasteiger partial charge on any atom is -0.493 e. The lowest BCUT2D eigenvalue weighted by Gasteiger charge is -2.24. The largest absolute Gasteiger partial charge is 0.493 e. The van der Waals surface area contributed by atoms with Crippen molar-refractivity contribution in [2.45, 2.75) is 27.2 Å². The van der Waals surface area contributed by atoms with E-state index >= 15 is 0 Å². The van der Waals surface area contributed by atoms with Crippen molar-refractivity contribution in [3.05, 3.63) is 29.8 Å². The Morgan fingerprint density at radius 1 is 1.07 bits per heavy atom. The first kappa shape index (κ1) is 22.5. The van der Waals surface area contributed by atoms with Gasteiger partial charge in [0, 0.05) is 19.2 Å². The fourth-order valence-electron chi connectivity index (χ4n) is 2.54. The molecule has 1 amide bonds. The van der Waals surface area contributed by atoms with Crippen LogP contribution in [0.5, 0.6) is 11.5 Å². The number of hydrogen-bond donors (Lipinski definition) is 0.